The van der Waals surface area contributed by atoms with Crippen molar-refractivity contribution in [3.63, 3.8) is 0 Å². The van der Waals surface area contributed by atoms with Crippen molar-refractivity contribution in [2.24, 2.45) is 0 Å². The lowest BCUT2D eigenvalue weighted by atomic mass is 10.2. The van der Waals surface area contributed by atoms with Crippen LogP contribution in [0.1, 0.15) is 19.3 Å². The van der Waals surface area contributed by atoms with E-state index in [4.69, 9.17) is 10.1 Å². The quantitative estimate of drug-likeness (QED) is 0.403. The molecule has 0 amide bonds. The Morgan fingerprint density at radius 1 is 1.30 bits per heavy atom. The van der Waals surface area contributed by atoms with Crippen LogP contribution in [0.3, 0.4) is 0 Å². The molecule has 1 heterocycles. The largest absolute Gasteiger partial charge is 0.317 e. The number of nitrogens with one attached hydrogen (secondary N) is 1. The molecule has 1 aliphatic rings. The van der Waals surface area contributed by atoms with Crippen LogP contribution in [0.4, 0.5) is 0 Å². The second kappa shape index (κ2) is 6.48. The van der Waals surface area contributed by atoms with E-state index in [1.165, 1.54) is 32.4 Å². The summed E-state index contributed by atoms with van der Waals surface area (Å²) >= 11 is 0. The van der Waals surface area contributed by atoms with Gasteiger partial charge < -0.3 is 5.32 Å². The highest BCUT2D eigenvalue weighted by atomic mass is 16.6. The first kappa shape index (κ1) is 9.36. The molecule has 0 aromatic carbocycles. The van der Waals surface area contributed by atoms with Gasteiger partial charge in [0, 0.05) is 4.92 Å². The Morgan fingerprint density at radius 2 is 1.70 bits per heavy atom. The summed E-state index contributed by atoms with van der Waals surface area (Å²) in [6.45, 7) is 2.50. The molecule has 0 aliphatic carbocycles. The third-order valence-corrected chi connectivity index (χ3v) is 1.21. The van der Waals surface area contributed by atoms with Crippen LogP contribution in [0, 0.1) is 10.1 Å². The maximum atomic E-state index is 8.81. The number of nitro groups is 1. The van der Waals surface area contributed by atoms with Gasteiger partial charge in [-0.2, -0.15) is 0 Å². The second-order valence-electron chi connectivity index (χ2n) is 2.25. The van der Waals surface area contributed by atoms with Crippen LogP contribution in [0.25, 0.3) is 0 Å². The maximum absolute atomic E-state index is 8.81. The third kappa shape index (κ3) is 10.4. The molecule has 0 aromatic rings. The van der Waals surface area contributed by atoms with E-state index in [-0.39, 0.29) is 0 Å². The van der Waals surface area contributed by atoms with Gasteiger partial charge in [0.1, 0.15) is 0 Å². The molecule has 4 nitrogen and oxygen atoms in total. The number of rotatable bonds is 0. The smallest absolute Gasteiger partial charge is 0.194 e. The molecule has 1 fully saturated rings. The minimum atomic E-state index is -0.500. The Kier molecular flexibility index (Phi) is 6.06. The molecule has 0 atom stereocenters. The average molecular weight is 146 g/mol. The minimum absolute atomic E-state index is 0.500. The molecule has 0 aromatic heterocycles. The Balaban J connectivity index is 0.000000180. The van der Waals surface area contributed by atoms with Gasteiger partial charge in [-0.15, -0.1) is 0 Å². The minimum Gasteiger partial charge on any atom is -0.317 e. The molecule has 60 valence electrons. The zero-order valence-corrected chi connectivity index (χ0v) is 6.30. The summed E-state index contributed by atoms with van der Waals surface area (Å²) in [5, 5.41) is 12.1. The van der Waals surface area contributed by atoms with Crippen molar-refractivity contribution < 1.29 is 4.92 Å². The van der Waals surface area contributed by atoms with Crippen molar-refractivity contribution in [1.29, 1.82) is 0 Å². The predicted molar refractivity (Wildman–Crippen MR) is 39.6 cm³/mol. The molecule has 0 unspecified atom stereocenters. The fourth-order valence-electron chi connectivity index (χ4n) is 0.802. The SMILES string of the molecule is C1CCNCC1.C[N+](=O)[O-]. The molecule has 1 saturated heterocycles. The summed E-state index contributed by atoms with van der Waals surface area (Å²) in [6, 6.07) is 0. The molecule has 0 saturated carbocycles. The Bertz CT molecular complexity index is 76.2. The van der Waals surface area contributed by atoms with E-state index >= 15 is 0 Å². The van der Waals surface area contributed by atoms with Crippen LogP contribution in [0.15, 0.2) is 0 Å². The van der Waals surface area contributed by atoms with Crippen LogP contribution < -0.4 is 5.32 Å². The maximum Gasteiger partial charge on any atom is 0.194 e. The lowest BCUT2D eigenvalue weighted by molar-refractivity contribution is -0.445. The first-order valence-electron chi connectivity index (χ1n) is 3.52. The fourth-order valence-corrected chi connectivity index (χ4v) is 0.802. The van der Waals surface area contributed by atoms with E-state index in [0.29, 0.717) is 0 Å². The number of hydrogen-bond donors (Lipinski definition) is 1. The summed E-state index contributed by atoms with van der Waals surface area (Å²) in [7, 11) is 0.889. The van der Waals surface area contributed by atoms with Crippen LogP contribution >= 0.6 is 0 Å². The van der Waals surface area contributed by atoms with Gasteiger partial charge >= 0.3 is 0 Å². The lowest BCUT2D eigenvalue weighted by Crippen LogP contribution is -2.21. The normalized spacial score (nSPS) is 16.9. The first-order chi connectivity index (χ1) is 4.73. The second-order valence-corrected chi connectivity index (χ2v) is 2.25. The molecule has 10 heavy (non-hydrogen) atoms. The molecule has 4 heteroatoms. The monoisotopic (exact) mass is 146 g/mol. The van der Waals surface area contributed by atoms with Crippen LogP contribution in [0.5, 0.6) is 0 Å². The lowest BCUT2D eigenvalue weighted by Gasteiger charge is -2.08. The number of piperidine rings is 1. The predicted octanol–water partition coefficient (Wildman–Crippen LogP) is 0.653. The Morgan fingerprint density at radius 3 is 1.80 bits per heavy atom. The van der Waals surface area contributed by atoms with E-state index in [9.17, 15) is 0 Å². The van der Waals surface area contributed by atoms with Gasteiger partial charge in [0.2, 0.25) is 0 Å². The first-order valence-corrected chi connectivity index (χ1v) is 3.52. The molecule has 0 bridgehead atoms. The summed E-state index contributed by atoms with van der Waals surface area (Å²) in [5.41, 5.74) is 0. The molecule has 1 N–H and O–H groups in total. The highest BCUT2D eigenvalue weighted by Crippen LogP contribution is 1.96. The van der Waals surface area contributed by atoms with Crippen LogP contribution in [-0.2, 0) is 0 Å². The molecule has 1 rings (SSSR count). The van der Waals surface area contributed by atoms with E-state index in [2.05, 4.69) is 5.32 Å². The van der Waals surface area contributed by atoms with E-state index in [1.807, 2.05) is 0 Å². The number of nitrogens with zero attached hydrogens (tertiary/aromatic N) is 1. The highest BCUT2D eigenvalue weighted by Gasteiger charge is 1.93. The summed E-state index contributed by atoms with van der Waals surface area (Å²) in [5.74, 6) is 0. The summed E-state index contributed by atoms with van der Waals surface area (Å²) < 4.78 is 0. The zero-order chi connectivity index (χ0) is 7.82. The van der Waals surface area contributed by atoms with E-state index < -0.39 is 4.92 Å². The van der Waals surface area contributed by atoms with Gasteiger partial charge in [0.15, 0.2) is 7.05 Å². The van der Waals surface area contributed by atoms with Crippen molar-refractivity contribution in [3.8, 4) is 0 Å². The standard InChI is InChI=1S/C5H11N.CH3NO2/c1-2-4-6-5-3-1;1-2(3)4/h6H,1-5H2;1H3. The molecular weight excluding hydrogens is 132 g/mol. The van der Waals surface area contributed by atoms with Crippen molar-refractivity contribution >= 4 is 0 Å². The Labute approximate surface area is 60.8 Å². The highest BCUT2D eigenvalue weighted by molar-refractivity contribution is 4.55. The third-order valence-electron chi connectivity index (χ3n) is 1.21. The summed E-state index contributed by atoms with van der Waals surface area (Å²) in [4.78, 5) is 8.31. The van der Waals surface area contributed by atoms with E-state index in [1.54, 1.807) is 0 Å². The van der Waals surface area contributed by atoms with Crippen molar-refractivity contribution in [3.05, 3.63) is 10.1 Å². The van der Waals surface area contributed by atoms with Crippen molar-refractivity contribution in [1.82, 2.24) is 5.32 Å². The molecular formula is C6H14N2O2. The van der Waals surface area contributed by atoms with Gasteiger partial charge in [-0.05, 0) is 25.9 Å². The molecule has 1 aliphatic heterocycles. The van der Waals surface area contributed by atoms with Crippen LogP contribution in [0.2, 0.25) is 0 Å². The molecule has 0 spiro atoms. The van der Waals surface area contributed by atoms with Gasteiger partial charge in [-0.25, -0.2) is 0 Å². The van der Waals surface area contributed by atoms with Gasteiger partial charge in [-0.3, -0.25) is 10.1 Å². The average Bonchev–Trinajstić information content (AvgIpc) is 1.90. The zero-order valence-electron chi connectivity index (χ0n) is 6.30. The van der Waals surface area contributed by atoms with E-state index in [0.717, 1.165) is 7.05 Å². The molecule has 0 radical (unpaired) electrons. The Hall–Kier alpha value is -0.640. The topological polar surface area (TPSA) is 55.2 Å². The summed E-state index contributed by atoms with van der Waals surface area (Å²) in [6.07, 6.45) is 4.22. The number of hydrogen-bond acceptors (Lipinski definition) is 3. The fraction of sp³-hybridized carbons (Fsp3) is 1.00. The van der Waals surface area contributed by atoms with Gasteiger partial charge in [-0.1, -0.05) is 6.42 Å². The van der Waals surface area contributed by atoms with Crippen molar-refractivity contribution in [2.45, 2.75) is 19.3 Å². The van der Waals surface area contributed by atoms with Crippen LogP contribution in [-0.4, -0.2) is 25.1 Å². The van der Waals surface area contributed by atoms with Gasteiger partial charge in [0.05, 0.1) is 0 Å². The van der Waals surface area contributed by atoms with Gasteiger partial charge in [0.25, 0.3) is 0 Å². The van der Waals surface area contributed by atoms with Crippen molar-refractivity contribution in [2.75, 3.05) is 20.1 Å².